The van der Waals surface area contributed by atoms with E-state index >= 15 is 0 Å². The van der Waals surface area contributed by atoms with E-state index in [9.17, 15) is 14.7 Å². The molecule has 0 unspecified atom stereocenters. The second kappa shape index (κ2) is 14.8. The van der Waals surface area contributed by atoms with Crippen LogP contribution in [0.4, 0.5) is 11.4 Å². The van der Waals surface area contributed by atoms with Crippen molar-refractivity contribution in [2.75, 3.05) is 25.5 Å². The number of hydrogen-bond acceptors (Lipinski definition) is 4. The molecule has 0 radical (unpaired) electrons. The number of aromatic hydroxyl groups is 1. The molecule has 0 fully saturated rings. The molecule has 0 saturated heterocycles. The van der Waals surface area contributed by atoms with Crippen LogP contribution >= 0.6 is 24.0 Å². The van der Waals surface area contributed by atoms with E-state index in [0.29, 0.717) is 36.3 Å². The molecule has 4 aromatic carbocycles. The summed E-state index contributed by atoms with van der Waals surface area (Å²) in [4.78, 5) is 35.6. The number of aromatic nitrogens is 2. The summed E-state index contributed by atoms with van der Waals surface area (Å²) in [6.07, 6.45) is 5.41. The predicted molar refractivity (Wildman–Crippen MR) is 215 cm³/mol. The number of likely N-dealkylation sites (N-methyl/N-ethyl adjacent to an activating group) is 1. The van der Waals surface area contributed by atoms with Crippen molar-refractivity contribution in [3.8, 4) is 17.0 Å². The SMILES string of the molecule is CN(C)C[C@@H]1Cc2c(Cl)cccc2CN1C(=O)c1ccccc1-c1cc(C(=O)N(c2ccc(O)cc2)c2ccc3c(ccn3C)c2)c2n1CCCC2.Cl. The van der Waals surface area contributed by atoms with Crippen molar-refractivity contribution in [2.24, 2.45) is 7.05 Å². The third-order valence-electron chi connectivity index (χ3n) is 10.6. The van der Waals surface area contributed by atoms with Crippen LogP contribution in [0.5, 0.6) is 5.75 Å². The van der Waals surface area contributed by atoms with Crippen LogP contribution in [0.25, 0.3) is 22.2 Å². The first-order chi connectivity index (χ1) is 25.2. The average Bonchev–Trinajstić information content (AvgIpc) is 3.72. The molecule has 2 amide bonds. The molecule has 0 aliphatic carbocycles. The lowest BCUT2D eigenvalue weighted by Gasteiger charge is -2.39. The van der Waals surface area contributed by atoms with Crippen molar-refractivity contribution < 1.29 is 14.7 Å². The Bertz CT molecular complexity index is 2330. The Labute approximate surface area is 321 Å². The zero-order chi connectivity index (χ0) is 36.1. The number of carbonyl (C=O) groups excluding carboxylic acids is 2. The van der Waals surface area contributed by atoms with Crippen LogP contribution in [0.2, 0.25) is 5.02 Å². The van der Waals surface area contributed by atoms with Crippen LogP contribution in [0.3, 0.4) is 0 Å². The zero-order valence-corrected chi connectivity index (χ0v) is 31.7. The number of nitrogens with zero attached hydrogens (tertiary/aromatic N) is 5. The quantitative estimate of drug-likeness (QED) is 0.177. The van der Waals surface area contributed by atoms with Gasteiger partial charge in [0.05, 0.1) is 5.56 Å². The molecule has 2 aliphatic rings. The fraction of sp³-hybridized carbons (Fsp3) is 0.256. The highest BCUT2D eigenvalue weighted by Gasteiger charge is 2.34. The van der Waals surface area contributed by atoms with Crippen LogP contribution in [-0.4, -0.2) is 62.5 Å². The number of amides is 2. The van der Waals surface area contributed by atoms with Crippen molar-refractivity contribution in [2.45, 2.75) is 44.8 Å². The van der Waals surface area contributed by atoms with Crippen LogP contribution in [0, 0.1) is 0 Å². The minimum Gasteiger partial charge on any atom is -0.508 e. The lowest BCUT2D eigenvalue weighted by atomic mass is 9.92. The van der Waals surface area contributed by atoms with Gasteiger partial charge in [-0.05, 0) is 118 Å². The van der Waals surface area contributed by atoms with Crippen molar-refractivity contribution in [3.63, 3.8) is 0 Å². The second-order valence-corrected chi connectivity index (χ2v) is 14.7. The lowest BCUT2D eigenvalue weighted by molar-refractivity contribution is 0.0607. The van der Waals surface area contributed by atoms with E-state index in [0.717, 1.165) is 75.5 Å². The molecule has 10 heteroatoms. The number of halogens is 2. The Hall–Kier alpha value is -5.02. The summed E-state index contributed by atoms with van der Waals surface area (Å²) in [5, 5.41) is 11.9. The maximum Gasteiger partial charge on any atom is 0.264 e. The van der Waals surface area contributed by atoms with Crippen molar-refractivity contribution >= 4 is 58.1 Å². The average molecular weight is 749 g/mol. The van der Waals surface area contributed by atoms with Gasteiger partial charge in [-0.1, -0.05) is 41.9 Å². The van der Waals surface area contributed by atoms with Crippen molar-refractivity contribution in [1.29, 1.82) is 0 Å². The minimum absolute atomic E-state index is 0. The van der Waals surface area contributed by atoms with Gasteiger partial charge in [0.25, 0.3) is 11.8 Å². The number of benzene rings is 4. The van der Waals surface area contributed by atoms with Gasteiger partial charge in [0.2, 0.25) is 0 Å². The molecule has 1 atom stereocenters. The van der Waals surface area contributed by atoms with Crippen LogP contribution in [-0.2, 0) is 33.0 Å². The molecular formula is C43H43Cl2N5O3. The minimum atomic E-state index is -0.155. The van der Waals surface area contributed by atoms with E-state index in [1.54, 1.807) is 29.2 Å². The molecule has 0 bridgehead atoms. The maximum absolute atomic E-state index is 15.0. The third kappa shape index (κ3) is 6.71. The fourth-order valence-corrected chi connectivity index (χ4v) is 8.38. The summed E-state index contributed by atoms with van der Waals surface area (Å²) in [5.41, 5.74) is 8.55. The third-order valence-corrected chi connectivity index (χ3v) is 11.0. The van der Waals surface area contributed by atoms with E-state index in [4.69, 9.17) is 11.6 Å². The topological polar surface area (TPSA) is 74.0 Å². The van der Waals surface area contributed by atoms with Gasteiger partial charge < -0.3 is 24.0 Å². The molecule has 8 nitrogen and oxygen atoms in total. The van der Waals surface area contributed by atoms with E-state index in [-0.39, 0.29) is 36.0 Å². The summed E-state index contributed by atoms with van der Waals surface area (Å²) in [7, 11) is 6.07. The fourth-order valence-electron chi connectivity index (χ4n) is 8.11. The molecular weight excluding hydrogens is 705 g/mol. The first-order valence-electron chi connectivity index (χ1n) is 17.9. The Morgan fingerprint density at radius 2 is 1.66 bits per heavy atom. The Balaban J connectivity index is 0.00000435. The summed E-state index contributed by atoms with van der Waals surface area (Å²) in [5.74, 6) is -0.0565. The van der Waals surface area contributed by atoms with E-state index in [1.165, 1.54) is 0 Å². The molecule has 1 N–H and O–H groups in total. The van der Waals surface area contributed by atoms with E-state index in [1.807, 2.05) is 99.0 Å². The van der Waals surface area contributed by atoms with Gasteiger partial charge in [0.15, 0.2) is 0 Å². The summed E-state index contributed by atoms with van der Waals surface area (Å²) in [6, 6.07) is 30.5. The molecule has 6 aromatic rings. The van der Waals surface area contributed by atoms with Gasteiger partial charge in [-0.15, -0.1) is 12.4 Å². The summed E-state index contributed by atoms with van der Waals surface area (Å²) >= 11 is 6.66. The number of carbonyl (C=O) groups is 2. The van der Waals surface area contributed by atoms with Gasteiger partial charge in [-0.25, -0.2) is 0 Å². The van der Waals surface area contributed by atoms with Gasteiger partial charge >= 0.3 is 0 Å². The summed E-state index contributed by atoms with van der Waals surface area (Å²) < 4.78 is 4.31. The zero-order valence-electron chi connectivity index (χ0n) is 30.1. The number of hydrogen-bond donors (Lipinski definition) is 1. The molecule has 272 valence electrons. The Kier molecular flexibility index (Phi) is 10.1. The first kappa shape index (κ1) is 36.3. The summed E-state index contributed by atoms with van der Waals surface area (Å²) in [6.45, 7) is 1.94. The van der Waals surface area contributed by atoms with Gasteiger partial charge in [0, 0.05) is 88.7 Å². The lowest BCUT2D eigenvalue weighted by Crippen LogP contribution is -2.49. The van der Waals surface area contributed by atoms with Gasteiger partial charge in [-0.2, -0.15) is 0 Å². The number of anilines is 2. The standard InChI is InChI=1S/C43H42ClN5O3.ClH/c1-45(2)27-32-24-36-29(9-8-12-38(36)44)26-48(32)42(51)35-11-5-4-10-34(35)41-25-37(40-13-6-7-21-47(40)41)43(52)49(30-14-17-33(50)18-15-30)31-16-19-39-28(23-31)20-22-46(39)3;/h4-5,8-12,14-20,22-23,25,32,50H,6-7,13,21,24,26-27H2,1-3H3;1H/t32-;/m0./s1. The van der Waals surface area contributed by atoms with Gasteiger partial charge in [-0.3, -0.25) is 14.5 Å². The van der Waals surface area contributed by atoms with Crippen molar-refractivity contribution in [3.05, 3.63) is 136 Å². The molecule has 2 aromatic heterocycles. The molecule has 8 rings (SSSR count). The first-order valence-corrected chi connectivity index (χ1v) is 18.3. The Morgan fingerprint density at radius 3 is 2.45 bits per heavy atom. The second-order valence-electron chi connectivity index (χ2n) is 14.3. The highest BCUT2D eigenvalue weighted by Crippen LogP contribution is 2.38. The normalized spacial score (nSPS) is 15.2. The van der Waals surface area contributed by atoms with E-state index in [2.05, 4.69) is 20.1 Å². The highest BCUT2D eigenvalue weighted by atomic mass is 35.5. The number of phenols is 1. The van der Waals surface area contributed by atoms with E-state index < -0.39 is 0 Å². The number of phenolic OH excluding ortho intramolecular Hbond substituents is 1. The maximum atomic E-state index is 15.0. The number of aryl methyl sites for hydroxylation is 1. The van der Waals surface area contributed by atoms with Gasteiger partial charge in [0.1, 0.15) is 5.75 Å². The highest BCUT2D eigenvalue weighted by molar-refractivity contribution is 6.31. The number of fused-ring (bicyclic) bond motifs is 3. The molecule has 0 saturated carbocycles. The Morgan fingerprint density at radius 1 is 0.887 bits per heavy atom. The number of rotatable bonds is 7. The molecule has 2 aliphatic heterocycles. The van der Waals surface area contributed by atoms with Crippen LogP contribution in [0.1, 0.15) is 50.4 Å². The van der Waals surface area contributed by atoms with Crippen molar-refractivity contribution in [1.82, 2.24) is 18.9 Å². The largest absolute Gasteiger partial charge is 0.508 e. The molecule has 0 spiro atoms. The van der Waals surface area contributed by atoms with Crippen LogP contribution < -0.4 is 4.90 Å². The molecule has 53 heavy (non-hydrogen) atoms. The molecule has 4 heterocycles. The van der Waals surface area contributed by atoms with Crippen LogP contribution in [0.15, 0.2) is 103 Å². The predicted octanol–water partition coefficient (Wildman–Crippen LogP) is 8.87. The smallest absolute Gasteiger partial charge is 0.264 e. The monoisotopic (exact) mass is 747 g/mol.